The van der Waals surface area contributed by atoms with Crippen LogP contribution in [-0.2, 0) is 10.0 Å². The zero-order valence-electron chi connectivity index (χ0n) is 13.2. The molecule has 1 aromatic heterocycles. The lowest BCUT2D eigenvalue weighted by Crippen LogP contribution is -2.14. The Kier molecular flexibility index (Phi) is 4.34. The van der Waals surface area contributed by atoms with E-state index in [0.717, 1.165) is 11.3 Å². The van der Waals surface area contributed by atoms with E-state index in [4.69, 9.17) is 11.6 Å². The summed E-state index contributed by atoms with van der Waals surface area (Å²) < 4.78 is 28.0. The average molecular weight is 362 g/mol. The minimum absolute atomic E-state index is 0.218. The van der Waals surface area contributed by atoms with Crippen LogP contribution in [0.3, 0.4) is 0 Å². The van der Waals surface area contributed by atoms with Gasteiger partial charge in [0.1, 0.15) is 0 Å². The van der Waals surface area contributed by atoms with Crippen LogP contribution in [-0.4, -0.2) is 18.6 Å². The fraction of sp³-hybridized carbons (Fsp3) is 0.118. The average Bonchev–Trinajstić information content (AvgIpc) is 2.96. The lowest BCUT2D eigenvalue weighted by Gasteiger charge is -2.11. The van der Waals surface area contributed by atoms with Crippen LogP contribution in [0.2, 0.25) is 5.02 Å². The molecule has 0 aliphatic carbocycles. The van der Waals surface area contributed by atoms with E-state index in [1.807, 2.05) is 19.1 Å². The van der Waals surface area contributed by atoms with Crippen LogP contribution in [0.25, 0.3) is 11.3 Å². The van der Waals surface area contributed by atoms with E-state index in [-0.39, 0.29) is 4.90 Å². The molecule has 1 heterocycles. The summed E-state index contributed by atoms with van der Waals surface area (Å²) >= 11 is 5.83. The van der Waals surface area contributed by atoms with Crippen LogP contribution < -0.4 is 4.72 Å². The first-order valence-electron chi connectivity index (χ1n) is 7.26. The number of aryl methyl sites for hydroxylation is 2. The number of H-pyrrole nitrogens is 1. The van der Waals surface area contributed by atoms with E-state index >= 15 is 0 Å². The molecule has 0 atom stereocenters. The number of sulfonamides is 1. The number of aromatic nitrogens is 2. The minimum Gasteiger partial charge on any atom is -0.282 e. The number of halogens is 1. The zero-order valence-corrected chi connectivity index (χ0v) is 14.7. The van der Waals surface area contributed by atoms with E-state index in [1.165, 1.54) is 0 Å². The fourth-order valence-corrected chi connectivity index (χ4v) is 3.80. The molecule has 0 spiro atoms. The highest BCUT2D eigenvalue weighted by Crippen LogP contribution is 2.26. The predicted octanol–water partition coefficient (Wildman–Crippen LogP) is 4.15. The molecular formula is C17H16ClN3O2S. The Bertz CT molecular complexity index is 979. The summed E-state index contributed by atoms with van der Waals surface area (Å²) in [5.41, 5.74) is 3.47. The Morgan fingerprint density at radius 3 is 2.38 bits per heavy atom. The van der Waals surface area contributed by atoms with Gasteiger partial charge in [-0.3, -0.25) is 9.82 Å². The van der Waals surface area contributed by atoms with Gasteiger partial charge in [-0.1, -0.05) is 23.7 Å². The molecule has 0 amide bonds. The zero-order chi connectivity index (χ0) is 17.3. The van der Waals surface area contributed by atoms with Crippen LogP contribution in [0.1, 0.15) is 11.3 Å². The molecule has 3 rings (SSSR count). The van der Waals surface area contributed by atoms with E-state index in [0.29, 0.717) is 22.0 Å². The highest BCUT2D eigenvalue weighted by atomic mass is 35.5. The van der Waals surface area contributed by atoms with Gasteiger partial charge in [-0.2, -0.15) is 5.10 Å². The molecule has 124 valence electrons. The Balaban J connectivity index is 1.99. The van der Waals surface area contributed by atoms with Gasteiger partial charge in [0.15, 0.2) is 0 Å². The molecule has 0 radical (unpaired) electrons. The maximum Gasteiger partial charge on any atom is 0.262 e. The van der Waals surface area contributed by atoms with Crippen LogP contribution in [0.5, 0.6) is 0 Å². The lowest BCUT2D eigenvalue weighted by atomic mass is 10.1. The fourth-order valence-electron chi connectivity index (χ4n) is 2.34. The summed E-state index contributed by atoms with van der Waals surface area (Å²) in [4.78, 5) is 0.218. The van der Waals surface area contributed by atoms with Gasteiger partial charge < -0.3 is 0 Å². The number of aromatic amines is 1. The second kappa shape index (κ2) is 6.30. The van der Waals surface area contributed by atoms with Gasteiger partial charge in [0, 0.05) is 22.0 Å². The monoisotopic (exact) mass is 361 g/mol. The van der Waals surface area contributed by atoms with Crippen molar-refractivity contribution < 1.29 is 8.42 Å². The number of rotatable bonds is 4. The number of benzene rings is 2. The normalized spacial score (nSPS) is 11.5. The first-order valence-corrected chi connectivity index (χ1v) is 9.13. The second-order valence-corrected chi connectivity index (χ2v) is 7.62. The third-order valence-electron chi connectivity index (χ3n) is 3.58. The van der Waals surface area contributed by atoms with Crippen LogP contribution in [0.4, 0.5) is 5.69 Å². The smallest absolute Gasteiger partial charge is 0.262 e. The molecule has 0 fully saturated rings. The third kappa shape index (κ3) is 3.44. The van der Waals surface area contributed by atoms with Crippen molar-refractivity contribution in [1.82, 2.24) is 10.2 Å². The van der Waals surface area contributed by atoms with Crippen molar-refractivity contribution in [1.29, 1.82) is 0 Å². The van der Waals surface area contributed by atoms with Crippen molar-refractivity contribution in [3.63, 3.8) is 0 Å². The molecule has 7 heteroatoms. The molecule has 0 saturated heterocycles. The number of nitrogens with one attached hydrogen (secondary N) is 2. The third-order valence-corrected chi connectivity index (χ3v) is 5.35. The summed E-state index contributed by atoms with van der Waals surface area (Å²) in [6.07, 6.45) is 0. The van der Waals surface area contributed by atoms with Gasteiger partial charge in [0.25, 0.3) is 10.0 Å². The Morgan fingerprint density at radius 1 is 1.04 bits per heavy atom. The van der Waals surface area contributed by atoms with Crippen molar-refractivity contribution in [2.75, 3.05) is 4.72 Å². The molecule has 5 nitrogen and oxygen atoms in total. The van der Waals surface area contributed by atoms with Crippen LogP contribution in [0.15, 0.2) is 53.4 Å². The molecule has 24 heavy (non-hydrogen) atoms. The molecule has 0 unspecified atom stereocenters. The number of hydrogen-bond donors (Lipinski definition) is 2. The summed E-state index contributed by atoms with van der Waals surface area (Å²) in [5, 5.41) is 7.58. The molecule has 2 N–H and O–H groups in total. The van der Waals surface area contributed by atoms with Crippen molar-refractivity contribution in [2.45, 2.75) is 18.7 Å². The van der Waals surface area contributed by atoms with Crippen molar-refractivity contribution in [3.05, 3.63) is 64.8 Å². The van der Waals surface area contributed by atoms with Crippen LogP contribution in [0, 0.1) is 13.8 Å². The maximum absolute atomic E-state index is 12.7. The first kappa shape index (κ1) is 16.5. The number of nitrogens with zero attached hydrogens (tertiary/aromatic N) is 1. The van der Waals surface area contributed by atoms with E-state index in [9.17, 15) is 8.42 Å². The number of hydrogen-bond acceptors (Lipinski definition) is 3. The SMILES string of the molecule is Cc1cc(-c2ccc(C)c(S(=O)(=O)Nc3ccc(Cl)cc3)c2)n[nH]1. The van der Waals surface area contributed by atoms with Gasteiger partial charge >= 0.3 is 0 Å². The van der Waals surface area contributed by atoms with Gasteiger partial charge in [-0.05, 0) is 55.8 Å². The van der Waals surface area contributed by atoms with Crippen molar-refractivity contribution in [2.24, 2.45) is 0 Å². The lowest BCUT2D eigenvalue weighted by molar-refractivity contribution is 0.600. The standard InChI is InChI=1S/C17H16ClN3O2S/c1-11-3-4-13(16-9-12(2)19-20-16)10-17(11)24(22,23)21-15-7-5-14(18)6-8-15/h3-10,21H,1-2H3,(H,19,20). The topological polar surface area (TPSA) is 74.8 Å². The molecule has 3 aromatic rings. The molecule has 0 aliphatic rings. The van der Waals surface area contributed by atoms with Gasteiger partial charge in [0.05, 0.1) is 10.6 Å². The molecule has 2 aromatic carbocycles. The number of anilines is 1. The highest BCUT2D eigenvalue weighted by molar-refractivity contribution is 7.92. The molecule has 0 bridgehead atoms. The largest absolute Gasteiger partial charge is 0.282 e. The van der Waals surface area contributed by atoms with E-state index < -0.39 is 10.0 Å². The van der Waals surface area contributed by atoms with Crippen molar-refractivity contribution >= 4 is 27.3 Å². The summed E-state index contributed by atoms with van der Waals surface area (Å²) in [6.45, 7) is 3.65. The minimum atomic E-state index is -3.71. The Hall–Kier alpha value is -2.31. The summed E-state index contributed by atoms with van der Waals surface area (Å²) in [7, 11) is -3.71. The maximum atomic E-state index is 12.7. The van der Waals surface area contributed by atoms with Crippen molar-refractivity contribution in [3.8, 4) is 11.3 Å². The van der Waals surface area contributed by atoms with Crippen LogP contribution >= 0.6 is 11.6 Å². The highest BCUT2D eigenvalue weighted by Gasteiger charge is 2.18. The predicted molar refractivity (Wildman–Crippen MR) is 95.8 cm³/mol. The molecule has 0 saturated carbocycles. The Labute approximate surface area is 145 Å². The molecular weight excluding hydrogens is 346 g/mol. The summed E-state index contributed by atoms with van der Waals surface area (Å²) in [5.74, 6) is 0. The molecule has 0 aliphatic heterocycles. The quantitative estimate of drug-likeness (QED) is 0.733. The van der Waals surface area contributed by atoms with Gasteiger partial charge in [0.2, 0.25) is 0 Å². The first-order chi connectivity index (χ1) is 11.3. The van der Waals surface area contributed by atoms with E-state index in [2.05, 4.69) is 14.9 Å². The summed E-state index contributed by atoms with van der Waals surface area (Å²) in [6, 6.07) is 13.6. The van der Waals surface area contributed by atoms with E-state index in [1.54, 1.807) is 43.3 Å². The second-order valence-electron chi connectivity index (χ2n) is 5.53. The Morgan fingerprint density at radius 2 is 1.75 bits per heavy atom. The van der Waals surface area contributed by atoms with Gasteiger partial charge in [-0.25, -0.2) is 8.42 Å². The van der Waals surface area contributed by atoms with Gasteiger partial charge in [-0.15, -0.1) is 0 Å².